The maximum Gasteiger partial charge on any atom is 0.263 e. The van der Waals surface area contributed by atoms with Crippen molar-refractivity contribution in [2.45, 2.75) is 0 Å². The van der Waals surface area contributed by atoms with Crippen LogP contribution in [0.3, 0.4) is 0 Å². The Morgan fingerprint density at radius 2 is 1.78 bits per heavy atom. The molecule has 0 aromatic carbocycles. The Kier molecular flexibility index (Phi) is 2.08. The lowest BCUT2D eigenvalue weighted by molar-refractivity contribution is -0.114. The average molecular weight is 126 g/mol. The van der Waals surface area contributed by atoms with Gasteiger partial charge in [-0.05, 0) is 0 Å². The molecule has 0 atom stereocenters. The van der Waals surface area contributed by atoms with Gasteiger partial charge in [0.25, 0.3) is 5.91 Å². The molecular formula is C4H6N4O. The summed E-state index contributed by atoms with van der Waals surface area (Å²) < 4.78 is 0. The molecule has 1 amide bonds. The zero-order chi connectivity index (χ0) is 7.44. The van der Waals surface area contributed by atoms with Crippen LogP contribution in [-0.4, -0.2) is 5.91 Å². The molecule has 5 nitrogen and oxygen atoms in total. The highest BCUT2D eigenvalue weighted by molar-refractivity contribution is 5.96. The van der Waals surface area contributed by atoms with E-state index in [4.69, 9.17) is 16.7 Å². The Morgan fingerprint density at radius 3 is 1.78 bits per heavy atom. The standard InChI is InChI=1S/C4H6N4O/c5-1-2(3(6)7)4(8)9/h6-7H2,(H2,8,9). The third-order valence-corrected chi connectivity index (χ3v) is 0.647. The molecule has 0 rings (SSSR count). The number of nitrogens with zero attached hydrogens (tertiary/aromatic N) is 1. The van der Waals surface area contributed by atoms with Gasteiger partial charge in [0.1, 0.15) is 11.9 Å². The van der Waals surface area contributed by atoms with E-state index in [0.29, 0.717) is 0 Å². The van der Waals surface area contributed by atoms with Gasteiger partial charge in [0.2, 0.25) is 0 Å². The number of rotatable bonds is 1. The van der Waals surface area contributed by atoms with Gasteiger partial charge in [-0.3, -0.25) is 4.79 Å². The fraction of sp³-hybridized carbons (Fsp3) is 0. The fourth-order valence-corrected chi connectivity index (χ4v) is 0.262. The summed E-state index contributed by atoms with van der Waals surface area (Å²) in [6, 6.07) is 1.46. The molecule has 0 saturated heterocycles. The summed E-state index contributed by atoms with van der Waals surface area (Å²) in [6.07, 6.45) is 0. The lowest BCUT2D eigenvalue weighted by Gasteiger charge is -1.91. The van der Waals surface area contributed by atoms with Crippen LogP contribution in [-0.2, 0) is 4.79 Å². The topological polar surface area (TPSA) is 119 Å². The van der Waals surface area contributed by atoms with Crippen LogP contribution in [0.2, 0.25) is 0 Å². The second-order valence-corrected chi connectivity index (χ2v) is 1.31. The van der Waals surface area contributed by atoms with Crippen molar-refractivity contribution in [3.05, 3.63) is 11.4 Å². The van der Waals surface area contributed by atoms with Crippen LogP contribution in [0.25, 0.3) is 0 Å². The summed E-state index contributed by atoms with van der Waals surface area (Å²) in [6.45, 7) is 0. The number of carbonyl (C=O) groups excluding carboxylic acids is 1. The first-order chi connectivity index (χ1) is 4.09. The minimum Gasteiger partial charge on any atom is -0.384 e. The third-order valence-electron chi connectivity index (χ3n) is 0.647. The van der Waals surface area contributed by atoms with E-state index in [1.807, 2.05) is 0 Å². The lowest BCUT2D eigenvalue weighted by Crippen LogP contribution is -2.21. The summed E-state index contributed by atoms with van der Waals surface area (Å²) in [5.74, 6) is -1.25. The van der Waals surface area contributed by atoms with Crippen molar-refractivity contribution in [1.29, 1.82) is 5.26 Å². The normalized spacial score (nSPS) is 7.44. The van der Waals surface area contributed by atoms with Crippen molar-refractivity contribution in [1.82, 2.24) is 0 Å². The predicted molar refractivity (Wildman–Crippen MR) is 30.2 cm³/mol. The van der Waals surface area contributed by atoms with Crippen molar-refractivity contribution in [2.75, 3.05) is 0 Å². The number of primary amides is 1. The van der Waals surface area contributed by atoms with E-state index in [-0.39, 0.29) is 5.82 Å². The molecule has 6 N–H and O–H groups in total. The zero-order valence-electron chi connectivity index (χ0n) is 4.59. The van der Waals surface area contributed by atoms with E-state index < -0.39 is 11.5 Å². The second kappa shape index (κ2) is 2.57. The molecule has 0 aromatic heterocycles. The average Bonchev–Trinajstić information content (AvgIpc) is 1.64. The first-order valence-corrected chi connectivity index (χ1v) is 2.04. The molecule has 0 saturated carbocycles. The Balaban J connectivity index is 4.62. The molecule has 0 spiro atoms. The monoisotopic (exact) mass is 126 g/mol. The molecule has 48 valence electrons. The van der Waals surface area contributed by atoms with Gasteiger partial charge in [0, 0.05) is 0 Å². The van der Waals surface area contributed by atoms with Crippen LogP contribution in [0.1, 0.15) is 0 Å². The smallest absolute Gasteiger partial charge is 0.263 e. The van der Waals surface area contributed by atoms with Crippen molar-refractivity contribution in [2.24, 2.45) is 17.2 Å². The maximum absolute atomic E-state index is 10.2. The van der Waals surface area contributed by atoms with E-state index in [9.17, 15) is 4.79 Å². The van der Waals surface area contributed by atoms with Gasteiger partial charge in [-0.15, -0.1) is 0 Å². The van der Waals surface area contributed by atoms with Crippen LogP contribution in [0.4, 0.5) is 0 Å². The molecule has 0 radical (unpaired) electrons. The van der Waals surface area contributed by atoms with Gasteiger partial charge < -0.3 is 17.2 Å². The summed E-state index contributed by atoms with van der Waals surface area (Å²) in [5.41, 5.74) is 14.0. The zero-order valence-corrected chi connectivity index (χ0v) is 4.59. The number of nitriles is 1. The van der Waals surface area contributed by atoms with E-state index in [1.54, 1.807) is 0 Å². The predicted octanol–water partition coefficient (Wildman–Crippen LogP) is -1.88. The molecule has 0 bridgehead atoms. The first kappa shape index (κ1) is 7.30. The highest BCUT2D eigenvalue weighted by Gasteiger charge is 2.05. The Bertz CT molecular complexity index is 195. The molecule has 0 aliphatic rings. The molecule has 5 heteroatoms. The van der Waals surface area contributed by atoms with Gasteiger partial charge in [0.05, 0.1) is 0 Å². The van der Waals surface area contributed by atoms with Crippen molar-refractivity contribution >= 4 is 5.91 Å². The van der Waals surface area contributed by atoms with Gasteiger partial charge >= 0.3 is 0 Å². The van der Waals surface area contributed by atoms with Gasteiger partial charge in [-0.2, -0.15) is 5.26 Å². The van der Waals surface area contributed by atoms with Crippen LogP contribution >= 0.6 is 0 Å². The van der Waals surface area contributed by atoms with Crippen LogP contribution in [0, 0.1) is 11.3 Å². The molecule has 0 heterocycles. The molecular weight excluding hydrogens is 120 g/mol. The number of hydrogen-bond acceptors (Lipinski definition) is 4. The molecule has 0 aromatic rings. The van der Waals surface area contributed by atoms with Crippen molar-refractivity contribution in [3.63, 3.8) is 0 Å². The van der Waals surface area contributed by atoms with E-state index >= 15 is 0 Å². The second-order valence-electron chi connectivity index (χ2n) is 1.31. The van der Waals surface area contributed by atoms with Gasteiger partial charge in [-0.25, -0.2) is 0 Å². The van der Waals surface area contributed by atoms with E-state index in [0.717, 1.165) is 0 Å². The summed E-state index contributed by atoms with van der Waals surface area (Å²) in [4.78, 5) is 10.2. The number of amides is 1. The van der Waals surface area contributed by atoms with Crippen molar-refractivity contribution in [3.8, 4) is 6.07 Å². The highest BCUT2D eigenvalue weighted by atomic mass is 16.1. The summed E-state index contributed by atoms with van der Waals surface area (Å²) in [5, 5.41) is 8.10. The minimum atomic E-state index is -0.905. The highest BCUT2D eigenvalue weighted by Crippen LogP contribution is 1.88. The Hall–Kier alpha value is -1.70. The minimum absolute atomic E-state index is 0.343. The first-order valence-electron chi connectivity index (χ1n) is 2.04. The molecule has 0 unspecified atom stereocenters. The van der Waals surface area contributed by atoms with Crippen LogP contribution in [0.15, 0.2) is 11.4 Å². The quantitative estimate of drug-likeness (QED) is 0.281. The third kappa shape index (κ3) is 1.69. The largest absolute Gasteiger partial charge is 0.384 e. The van der Waals surface area contributed by atoms with Gasteiger partial charge in [0.15, 0.2) is 5.57 Å². The summed E-state index contributed by atoms with van der Waals surface area (Å²) in [7, 11) is 0. The lowest BCUT2D eigenvalue weighted by atomic mass is 10.3. The number of nitrogens with two attached hydrogens (primary N) is 3. The number of carbonyl (C=O) groups is 1. The van der Waals surface area contributed by atoms with E-state index in [2.05, 4.69) is 5.73 Å². The number of hydrogen-bond donors (Lipinski definition) is 3. The SMILES string of the molecule is N#CC(C(N)=O)=C(N)N. The Morgan fingerprint density at radius 1 is 1.33 bits per heavy atom. The fourth-order valence-electron chi connectivity index (χ4n) is 0.262. The molecule has 9 heavy (non-hydrogen) atoms. The molecule has 0 aliphatic heterocycles. The van der Waals surface area contributed by atoms with Gasteiger partial charge in [-0.1, -0.05) is 0 Å². The molecule has 0 fully saturated rings. The van der Waals surface area contributed by atoms with E-state index in [1.165, 1.54) is 6.07 Å². The molecule has 0 aliphatic carbocycles. The summed E-state index contributed by atoms with van der Waals surface area (Å²) >= 11 is 0. The Labute approximate surface area is 51.7 Å². The maximum atomic E-state index is 10.2. The van der Waals surface area contributed by atoms with Crippen molar-refractivity contribution < 1.29 is 4.79 Å². The van der Waals surface area contributed by atoms with Crippen LogP contribution in [0.5, 0.6) is 0 Å². The van der Waals surface area contributed by atoms with Crippen LogP contribution < -0.4 is 17.2 Å².